The minimum atomic E-state index is 0.157. The first-order valence-corrected chi connectivity index (χ1v) is 8.27. The van der Waals surface area contributed by atoms with E-state index in [-0.39, 0.29) is 11.9 Å². The third-order valence-electron chi connectivity index (χ3n) is 3.87. The maximum atomic E-state index is 12.1. The molecule has 0 aliphatic carbocycles. The maximum Gasteiger partial charge on any atom is 0.220 e. The van der Waals surface area contributed by atoms with Crippen molar-refractivity contribution in [1.82, 2.24) is 10.2 Å². The summed E-state index contributed by atoms with van der Waals surface area (Å²) in [6.07, 6.45) is 1.47. The summed E-state index contributed by atoms with van der Waals surface area (Å²) in [6, 6.07) is 10.5. The number of morpholine rings is 1. The third-order valence-corrected chi connectivity index (χ3v) is 3.87. The Kier molecular flexibility index (Phi) is 6.87. The monoisotopic (exact) mass is 304 g/mol. The van der Waals surface area contributed by atoms with Crippen LogP contribution in [0.2, 0.25) is 0 Å². The molecule has 0 saturated carbocycles. The lowest BCUT2D eigenvalue weighted by Gasteiger charge is -2.31. The van der Waals surface area contributed by atoms with Gasteiger partial charge < -0.3 is 10.1 Å². The summed E-state index contributed by atoms with van der Waals surface area (Å²) in [5.41, 5.74) is 1.27. The average molecular weight is 304 g/mol. The molecule has 1 atom stereocenters. The molecular formula is C18H28N2O2. The van der Waals surface area contributed by atoms with Gasteiger partial charge in [-0.1, -0.05) is 44.2 Å². The molecule has 1 saturated heterocycles. The van der Waals surface area contributed by atoms with Crippen LogP contribution in [0.5, 0.6) is 0 Å². The number of nitrogens with zero attached hydrogens (tertiary/aromatic N) is 1. The molecule has 1 aliphatic rings. The van der Waals surface area contributed by atoms with E-state index < -0.39 is 0 Å². The van der Waals surface area contributed by atoms with E-state index in [1.54, 1.807) is 0 Å². The Morgan fingerprint density at radius 2 is 1.91 bits per heavy atom. The number of rotatable bonds is 7. The van der Waals surface area contributed by atoms with E-state index in [2.05, 4.69) is 48.3 Å². The number of hydrogen-bond donors (Lipinski definition) is 1. The van der Waals surface area contributed by atoms with E-state index in [1.165, 1.54) is 5.56 Å². The molecule has 122 valence electrons. The smallest absolute Gasteiger partial charge is 0.220 e. The van der Waals surface area contributed by atoms with Gasteiger partial charge in [-0.05, 0) is 17.9 Å². The van der Waals surface area contributed by atoms with Crippen LogP contribution >= 0.6 is 0 Å². The number of carbonyl (C=O) groups is 1. The third kappa shape index (κ3) is 6.16. The fourth-order valence-corrected chi connectivity index (χ4v) is 2.81. The van der Waals surface area contributed by atoms with Crippen molar-refractivity contribution in [2.45, 2.75) is 32.7 Å². The van der Waals surface area contributed by atoms with Crippen molar-refractivity contribution in [3.05, 3.63) is 35.9 Å². The molecule has 0 bridgehead atoms. The van der Waals surface area contributed by atoms with Crippen LogP contribution in [0.3, 0.4) is 0 Å². The highest BCUT2D eigenvalue weighted by Gasteiger charge is 2.19. The quantitative estimate of drug-likeness (QED) is 0.839. The van der Waals surface area contributed by atoms with Gasteiger partial charge >= 0.3 is 0 Å². The Labute approximate surface area is 133 Å². The Balaban J connectivity index is 1.94. The van der Waals surface area contributed by atoms with Crippen molar-refractivity contribution in [1.29, 1.82) is 0 Å². The van der Waals surface area contributed by atoms with Gasteiger partial charge in [0.1, 0.15) is 0 Å². The maximum absolute atomic E-state index is 12.1. The lowest BCUT2D eigenvalue weighted by atomic mass is 10.0. The first kappa shape index (κ1) is 17.0. The number of ether oxygens (including phenoxy) is 1. The highest BCUT2D eigenvalue weighted by Crippen LogP contribution is 2.08. The molecule has 1 aromatic rings. The number of hydrogen-bond acceptors (Lipinski definition) is 3. The molecule has 4 heteroatoms. The molecule has 1 aliphatic heterocycles. The minimum Gasteiger partial charge on any atom is -0.379 e. The van der Waals surface area contributed by atoms with Crippen molar-refractivity contribution in [3.63, 3.8) is 0 Å². The van der Waals surface area contributed by atoms with Gasteiger partial charge in [-0.3, -0.25) is 9.69 Å². The van der Waals surface area contributed by atoms with Crippen LogP contribution in [0.15, 0.2) is 30.3 Å². The van der Waals surface area contributed by atoms with Gasteiger partial charge in [0.15, 0.2) is 0 Å². The van der Waals surface area contributed by atoms with Gasteiger partial charge in [0.25, 0.3) is 0 Å². The molecule has 0 spiro atoms. The average Bonchev–Trinajstić information content (AvgIpc) is 2.48. The van der Waals surface area contributed by atoms with Gasteiger partial charge in [0.05, 0.1) is 13.2 Å². The van der Waals surface area contributed by atoms with Crippen molar-refractivity contribution in [2.24, 2.45) is 5.92 Å². The zero-order valence-corrected chi connectivity index (χ0v) is 13.8. The van der Waals surface area contributed by atoms with Crippen LogP contribution < -0.4 is 5.32 Å². The van der Waals surface area contributed by atoms with Gasteiger partial charge in [0, 0.05) is 32.1 Å². The zero-order valence-electron chi connectivity index (χ0n) is 13.8. The molecule has 0 aromatic heterocycles. The summed E-state index contributed by atoms with van der Waals surface area (Å²) in [5.74, 6) is 0.546. The van der Waals surface area contributed by atoms with Crippen molar-refractivity contribution < 1.29 is 9.53 Å². The second-order valence-electron chi connectivity index (χ2n) is 6.47. The van der Waals surface area contributed by atoms with E-state index in [4.69, 9.17) is 4.74 Å². The second kappa shape index (κ2) is 8.91. The predicted octanol–water partition coefficient (Wildman–Crippen LogP) is 2.09. The molecule has 1 heterocycles. The standard InChI is InChI=1S/C18H28N2O2/c1-15(2)12-18(21)19-17(13-16-6-4-3-5-7-16)14-20-8-10-22-11-9-20/h3-7,15,17H,8-14H2,1-2H3,(H,19,21)/t17-/m0/s1. The van der Waals surface area contributed by atoms with Crippen molar-refractivity contribution in [3.8, 4) is 0 Å². The van der Waals surface area contributed by atoms with E-state index >= 15 is 0 Å². The fourth-order valence-electron chi connectivity index (χ4n) is 2.81. The van der Waals surface area contributed by atoms with Crippen LogP contribution in [0.1, 0.15) is 25.8 Å². The van der Waals surface area contributed by atoms with Gasteiger partial charge in [-0.25, -0.2) is 0 Å². The predicted molar refractivity (Wildman–Crippen MR) is 88.8 cm³/mol. The molecule has 1 amide bonds. The first-order valence-electron chi connectivity index (χ1n) is 8.27. The molecule has 0 unspecified atom stereocenters. The van der Waals surface area contributed by atoms with E-state index in [0.29, 0.717) is 12.3 Å². The highest BCUT2D eigenvalue weighted by atomic mass is 16.5. The van der Waals surface area contributed by atoms with Crippen LogP contribution in [0.25, 0.3) is 0 Å². The summed E-state index contributed by atoms with van der Waals surface area (Å²) in [7, 11) is 0. The Hall–Kier alpha value is -1.39. The molecular weight excluding hydrogens is 276 g/mol. The van der Waals surface area contributed by atoms with Crippen LogP contribution in [0, 0.1) is 5.92 Å². The van der Waals surface area contributed by atoms with E-state index in [0.717, 1.165) is 39.3 Å². The van der Waals surface area contributed by atoms with Crippen LogP contribution in [-0.4, -0.2) is 49.7 Å². The van der Waals surface area contributed by atoms with Gasteiger partial charge in [-0.15, -0.1) is 0 Å². The number of nitrogens with one attached hydrogen (secondary N) is 1. The normalized spacial score (nSPS) is 17.4. The molecule has 22 heavy (non-hydrogen) atoms. The van der Waals surface area contributed by atoms with E-state index in [9.17, 15) is 4.79 Å². The Morgan fingerprint density at radius 3 is 2.55 bits per heavy atom. The Morgan fingerprint density at radius 1 is 1.23 bits per heavy atom. The fraction of sp³-hybridized carbons (Fsp3) is 0.611. The molecule has 0 radical (unpaired) electrons. The lowest BCUT2D eigenvalue weighted by Crippen LogP contribution is -2.48. The summed E-state index contributed by atoms with van der Waals surface area (Å²) in [6.45, 7) is 8.52. The van der Waals surface area contributed by atoms with Crippen molar-refractivity contribution in [2.75, 3.05) is 32.8 Å². The van der Waals surface area contributed by atoms with Crippen LogP contribution in [0.4, 0.5) is 0 Å². The topological polar surface area (TPSA) is 41.6 Å². The number of carbonyl (C=O) groups excluding carboxylic acids is 1. The largest absolute Gasteiger partial charge is 0.379 e. The van der Waals surface area contributed by atoms with Gasteiger partial charge in [0.2, 0.25) is 5.91 Å². The van der Waals surface area contributed by atoms with Crippen LogP contribution in [-0.2, 0) is 16.0 Å². The highest BCUT2D eigenvalue weighted by molar-refractivity contribution is 5.76. The number of benzene rings is 1. The Bertz CT molecular complexity index is 442. The summed E-state index contributed by atoms with van der Waals surface area (Å²) in [4.78, 5) is 14.5. The summed E-state index contributed by atoms with van der Waals surface area (Å²) >= 11 is 0. The molecule has 4 nitrogen and oxygen atoms in total. The zero-order chi connectivity index (χ0) is 15.8. The molecule has 2 rings (SSSR count). The second-order valence-corrected chi connectivity index (χ2v) is 6.47. The SMILES string of the molecule is CC(C)CC(=O)N[C@@H](Cc1ccccc1)CN1CCOCC1. The molecule has 1 fully saturated rings. The van der Waals surface area contributed by atoms with E-state index in [1.807, 2.05) is 6.07 Å². The number of amides is 1. The molecule has 1 aromatic carbocycles. The molecule has 1 N–H and O–H groups in total. The van der Waals surface area contributed by atoms with Gasteiger partial charge in [-0.2, -0.15) is 0 Å². The summed E-state index contributed by atoms with van der Waals surface area (Å²) < 4.78 is 5.40. The lowest BCUT2D eigenvalue weighted by molar-refractivity contribution is -0.122. The first-order chi connectivity index (χ1) is 10.6. The minimum absolute atomic E-state index is 0.157. The summed E-state index contributed by atoms with van der Waals surface area (Å²) in [5, 5.41) is 3.22. The van der Waals surface area contributed by atoms with Crippen molar-refractivity contribution >= 4 is 5.91 Å².